The number of rotatable bonds is 4. The van der Waals surface area contributed by atoms with Crippen LogP contribution in [0.1, 0.15) is 11.1 Å². The average molecular weight is 355 g/mol. The molecule has 0 saturated heterocycles. The van der Waals surface area contributed by atoms with Crippen LogP contribution >= 0.6 is 35.4 Å². The maximum absolute atomic E-state index is 6.13. The van der Waals surface area contributed by atoms with Crippen molar-refractivity contribution >= 4 is 46.2 Å². The molecule has 0 saturated carbocycles. The van der Waals surface area contributed by atoms with Crippen molar-refractivity contribution in [3.05, 3.63) is 57.6 Å². The van der Waals surface area contributed by atoms with Crippen molar-refractivity contribution in [2.45, 2.75) is 13.5 Å². The highest BCUT2D eigenvalue weighted by atomic mass is 35.5. The zero-order chi connectivity index (χ0) is 16.1. The monoisotopic (exact) mass is 354 g/mol. The number of thiocarbonyl (C=S) groups is 1. The molecule has 3 nitrogen and oxygen atoms in total. The number of halogens is 2. The van der Waals surface area contributed by atoms with Crippen molar-refractivity contribution in [3.63, 3.8) is 0 Å². The number of methoxy groups -OCH3 is 1. The maximum atomic E-state index is 6.13. The Kier molecular flexibility index (Phi) is 5.89. The average Bonchev–Trinajstić information content (AvgIpc) is 2.46. The summed E-state index contributed by atoms with van der Waals surface area (Å²) in [6.45, 7) is 2.52. The van der Waals surface area contributed by atoms with Crippen molar-refractivity contribution in [2.24, 2.45) is 0 Å². The number of ether oxygens (including phenoxy) is 1. The molecule has 0 aromatic heterocycles. The lowest BCUT2D eigenvalue weighted by Crippen LogP contribution is -2.28. The van der Waals surface area contributed by atoms with Crippen LogP contribution < -0.4 is 15.4 Å². The Morgan fingerprint density at radius 3 is 2.64 bits per heavy atom. The topological polar surface area (TPSA) is 33.3 Å². The number of benzene rings is 2. The van der Waals surface area contributed by atoms with E-state index in [1.54, 1.807) is 19.2 Å². The molecule has 2 rings (SSSR count). The molecule has 0 spiro atoms. The zero-order valence-corrected chi connectivity index (χ0v) is 14.6. The SMILES string of the molecule is COc1ccc(C)cc1NC(=S)NCc1ccc(Cl)cc1Cl. The quantitative estimate of drug-likeness (QED) is 0.772. The van der Waals surface area contributed by atoms with E-state index in [1.165, 1.54) is 0 Å². The molecule has 116 valence electrons. The summed E-state index contributed by atoms with van der Waals surface area (Å²) in [5.41, 5.74) is 2.86. The van der Waals surface area contributed by atoms with Gasteiger partial charge in [-0.3, -0.25) is 0 Å². The molecule has 0 atom stereocenters. The molecule has 0 aliphatic heterocycles. The molecule has 0 fully saturated rings. The van der Waals surface area contributed by atoms with E-state index in [-0.39, 0.29) is 0 Å². The van der Waals surface area contributed by atoms with Gasteiger partial charge in [0.25, 0.3) is 0 Å². The predicted octanol–water partition coefficient (Wildman–Crippen LogP) is 4.80. The molecule has 0 radical (unpaired) electrons. The molecule has 0 bridgehead atoms. The molecule has 0 aliphatic carbocycles. The largest absolute Gasteiger partial charge is 0.495 e. The Bertz CT molecular complexity index is 692. The number of anilines is 1. The summed E-state index contributed by atoms with van der Waals surface area (Å²) in [5.74, 6) is 0.735. The van der Waals surface area contributed by atoms with Crippen LogP contribution in [-0.2, 0) is 6.54 Å². The van der Waals surface area contributed by atoms with Gasteiger partial charge < -0.3 is 15.4 Å². The van der Waals surface area contributed by atoms with Crippen molar-refractivity contribution in [1.82, 2.24) is 5.32 Å². The molecule has 0 unspecified atom stereocenters. The Hall–Kier alpha value is -1.49. The zero-order valence-electron chi connectivity index (χ0n) is 12.2. The second-order valence-corrected chi connectivity index (χ2v) is 6.00. The van der Waals surface area contributed by atoms with Crippen molar-refractivity contribution < 1.29 is 4.74 Å². The van der Waals surface area contributed by atoms with E-state index in [1.807, 2.05) is 31.2 Å². The standard InChI is InChI=1S/C16H16Cl2N2OS/c1-10-3-6-15(21-2)14(7-10)20-16(22)19-9-11-4-5-12(17)8-13(11)18/h3-8H,9H2,1-2H3,(H2,19,20,22). The number of nitrogens with one attached hydrogen (secondary N) is 2. The first-order valence-corrected chi connectivity index (χ1v) is 7.79. The van der Waals surface area contributed by atoms with Gasteiger partial charge in [0.1, 0.15) is 5.75 Å². The van der Waals surface area contributed by atoms with E-state index in [0.717, 1.165) is 22.6 Å². The van der Waals surface area contributed by atoms with Gasteiger partial charge in [-0.05, 0) is 54.5 Å². The van der Waals surface area contributed by atoms with Crippen molar-refractivity contribution in [3.8, 4) is 5.75 Å². The molecule has 0 amide bonds. The fraction of sp³-hybridized carbons (Fsp3) is 0.188. The Morgan fingerprint density at radius 2 is 1.95 bits per heavy atom. The molecule has 6 heteroatoms. The lowest BCUT2D eigenvalue weighted by molar-refractivity contribution is 0.417. The summed E-state index contributed by atoms with van der Waals surface area (Å²) in [7, 11) is 1.62. The van der Waals surface area contributed by atoms with E-state index in [4.69, 9.17) is 40.2 Å². The predicted molar refractivity (Wildman–Crippen MR) is 97.3 cm³/mol. The van der Waals surface area contributed by atoms with Crippen LogP contribution in [0.3, 0.4) is 0 Å². The first-order chi connectivity index (χ1) is 10.5. The van der Waals surface area contributed by atoms with Crippen LogP contribution in [0, 0.1) is 6.92 Å². The normalized spacial score (nSPS) is 10.2. The van der Waals surface area contributed by atoms with Gasteiger partial charge in [0.2, 0.25) is 0 Å². The lowest BCUT2D eigenvalue weighted by atomic mass is 10.2. The maximum Gasteiger partial charge on any atom is 0.171 e. The summed E-state index contributed by atoms with van der Waals surface area (Å²) in [6.07, 6.45) is 0. The fourth-order valence-electron chi connectivity index (χ4n) is 1.93. The fourth-order valence-corrected chi connectivity index (χ4v) is 2.58. The highest BCUT2D eigenvalue weighted by Gasteiger charge is 2.06. The van der Waals surface area contributed by atoms with Gasteiger partial charge in [-0.2, -0.15) is 0 Å². The van der Waals surface area contributed by atoms with E-state index < -0.39 is 0 Å². The second-order valence-electron chi connectivity index (χ2n) is 4.75. The second kappa shape index (κ2) is 7.68. The Morgan fingerprint density at radius 1 is 1.18 bits per heavy atom. The van der Waals surface area contributed by atoms with Gasteiger partial charge in [-0.1, -0.05) is 35.3 Å². The third kappa shape index (κ3) is 4.50. The van der Waals surface area contributed by atoms with Gasteiger partial charge in [0.05, 0.1) is 12.8 Å². The van der Waals surface area contributed by atoms with Gasteiger partial charge in [-0.25, -0.2) is 0 Å². The third-order valence-electron chi connectivity index (χ3n) is 3.06. The highest BCUT2D eigenvalue weighted by molar-refractivity contribution is 7.80. The number of hydrogen-bond acceptors (Lipinski definition) is 2. The smallest absolute Gasteiger partial charge is 0.171 e. The molecular formula is C16H16Cl2N2OS. The van der Waals surface area contributed by atoms with Crippen LogP contribution in [0.5, 0.6) is 5.75 Å². The van der Waals surface area contributed by atoms with Gasteiger partial charge in [0, 0.05) is 16.6 Å². The minimum atomic E-state index is 0.495. The lowest BCUT2D eigenvalue weighted by Gasteiger charge is -2.14. The first kappa shape index (κ1) is 16.9. The number of hydrogen-bond donors (Lipinski definition) is 2. The van der Waals surface area contributed by atoms with Crippen LogP contribution in [-0.4, -0.2) is 12.2 Å². The summed E-state index contributed by atoms with van der Waals surface area (Å²) in [4.78, 5) is 0. The minimum Gasteiger partial charge on any atom is -0.495 e. The first-order valence-electron chi connectivity index (χ1n) is 6.63. The highest BCUT2D eigenvalue weighted by Crippen LogP contribution is 2.25. The number of aryl methyl sites for hydroxylation is 1. The molecule has 0 heterocycles. The molecule has 2 N–H and O–H groups in total. The van der Waals surface area contributed by atoms with Gasteiger partial charge >= 0.3 is 0 Å². The van der Waals surface area contributed by atoms with Crippen LogP contribution in [0.4, 0.5) is 5.69 Å². The Labute approximate surface area is 145 Å². The van der Waals surface area contributed by atoms with Gasteiger partial charge in [0.15, 0.2) is 5.11 Å². The molecular weight excluding hydrogens is 339 g/mol. The third-order valence-corrected chi connectivity index (χ3v) is 3.89. The van der Waals surface area contributed by atoms with Crippen molar-refractivity contribution in [2.75, 3.05) is 12.4 Å². The molecule has 0 aliphatic rings. The Balaban J connectivity index is 2.00. The van der Waals surface area contributed by atoms with Crippen LogP contribution in [0.25, 0.3) is 0 Å². The van der Waals surface area contributed by atoms with Crippen LogP contribution in [0.15, 0.2) is 36.4 Å². The molecule has 2 aromatic rings. The molecule has 2 aromatic carbocycles. The van der Waals surface area contributed by atoms with E-state index in [2.05, 4.69) is 10.6 Å². The summed E-state index contributed by atoms with van der Waals surface area (Å²) in [5, 5.41) is 7.96. The minimum absolute atomic E-state index is 0.495. The van der Waals surface area contributed by atoms with E-state index in [9.17, 15) is 0 Å². The summed E-state index contributed by atoms with van der Waals surface area (Å²) < 4.78 is 5.31. The summed E-state index contributed by atoms with van der Waals surface area (Å²) in [6, 6.07) is 11.2. The van der Waals surface area contributed by atoms with Crippen LogP contribution in [0.2, 0.25) is 10.0 Å². The summed E-state index contributed by atoms with van der Waals surface area (Å²) >= 11 is 17.3. The van der Waals surface area contributed by atoms with E-state index in [0.29, 0.717) is 21.7 Å². The molecule has 22 heavy (non-hydrogen) atoms. The van der Waals surface area contributed by atoms with Gasteiger partial charge in [-0.15, -0.1) is 0 Å². The van der Waals surface area contributed by atoms with E-state index >= 15 is 0 Å². The van der Waals surface area contributed by atoms with Crippen molar-refractivity contribution in [1.29, 1.82) is 0 Å².